The molecule has 2 aliphatic carbocycles. The average Bonchev–Trinajstić information content (AvgIpc) is 3.86. The van der Waals surface area contributed by atoms with E-state index >= 15 is 0 Å². The molecule has 2 aromatic heterocycles. The van der Waals surface area contributed by atoms with Crippen LogP contribution in [0, 0.1) is 5.41 Å². The lowest BCUT2D eigenvalue weighted by atomic mass is 9.81. The topological polar surface area (TPSA) is 50.6 Å². The molecule has 0 bridgehead atoms. The summed E-state index contributed by atoms with van der Waals surface area (Å²) in [6, 6.07) is 41.0. The van der Waals surface area contributed by atoms with Gasteiger partial charge in [-0.15, -0.1) is 0 Å². The number of para-hydroxylation sites is 1. The Labute approximate surface area is 293 Å². The van der Waals surface area contributed by atoms with E-state index in [2.05, 4.69) is 135 Å². The van der Waals surface area contributed by atoms with Crippen LogP contribution in [0.1, 0.15) is 65.6 Å². The zero-order chi connectivity index (χ0) is 33.6. The molecule has 0 N–H and O–H groups in total. The van der Waals surface area contributed by atoms with Crippen molar-refractivity contribution in [2.24, 2.45) is 10.4 Å². The number of aliphatic imine (C=N–C) groups is 1. The molecule has 4 aromatic carbocycles. The van der Waals surface area contributed by atoms with E-state index in [0.717, 1.165) is 60.2 Å². The minimum Gasteiger partial charge on any atom is -0.439 e. The standard InChI is InChI=1S/C45H38N4O/c1-44(2,3)31-20-21-46-40(22-31)49-39-23-32(18-19-35(39)42-34-13-6-7-15-38(34)48-43(42)49)50-41-17-9-16-37(47-41)33-14-8-12-30-26-45(27-36(30)33)24-28-10-4-5-11-29(28)25-45/h4-23,42H,24-27H2,1-3H3. The zero-order valence-electron chi connectivity index (χ0n) is 28.6. The van der Waals surface area contributed by atoms with Crippen LogP contribution in [0.5, 0.6) is 11.6 Å². The second-order valence-electron chi connectivity index (χ2n) is 15.6. The Morgan fingerprint density at radius 2 is 1.48 bits per heavy atom. The molecule has 244 valence electrons. The zero-order valence-corrected chi connectivity index (χ0v) is 28.6. The van der Waals surface area contributed by atoms with E-state index in [1.807, 2.05) is 12.3 Å². The van der Waals surface area contributed by atoms with Crippen molar-refractivity contribution < 1.29 is 4.74 Å². The summed E-state index contributed by atoms with van der Waals surface area (Å²) in [5, 5.41) is 0. The Bertz CT molecular complexity index is 2360. The number of anilines is 2. The number of hydrogen-bond donors (Lipinski definition) is 0. The van der Waals surface area contributed by atoms with Gasteiger partial charge in [-0.3, -0.25) is 4.90 Å². The minimum absolute atomic E-state index is 0.0106. The molecule has 0 fully saturated rings. The van der Waals surface area contributed by atoms with E-state index in [0.29, 0.717) is 5.88 Å². The largest absolute Gasteiger partial charge is 0.439 e. The number of pyridine rings is 2. The molecule has 1 unspecified atom stereocenters. The van der Waals surface area contributed by atoms with E-state index < -0.39 is 0 Å². The normalized spacial score (nSPS) is 17.6. The maximum atomic E-state index is 6.58. The first-order valence-corrected chi connectivity index (χ1v) is 17.7. The molecule has 2 aliphatic heterocycles. The van der Waals surface area contributed by atoms with Crippen LogP contribution in [0.4, 0.5) is 17.2 Å². The van der Waals surface area contributed by atoms with Crippen molar-refractivity contribution in [1.82, 2.24) is 9.97 Å². The highest BCUT2D eigenvalue weighted by Crippen LogP contribution is 2.53. The number of hydrogen-bond acceptors (Lipinski definition) is 5. The fourth-order valence-corrected chi connectivity index (χ4v) is 8.90. The van der Waals surface area contributed by atoms with Crippen LogP contribution in [0.15, 0.2) is 126 Å². The van der Waals surface area contributed by atoms with Crippen molar-refractivity contribution in [2.75, 3.05) is 4.90 Å². The maximum Gasteiger partial charge on any atom is 0.219 e. The third-order valence-electron chi connectivity index (χ3n) is 11.2. The number of ether oxygens (including phenoxy) is 1. The number of fused-ring (bicyclic) bond motifs is 7. The van der Waals surface area contributed by atoms with Crippen molar-refractivity contribution >= 4 is 23.0 Å². The maximum absolute atomic E-state index is 6.58. The van der Waals surface area contributed by atoms with E-state index in [-0.39, 0.29) is 16.7 Å². The highest BCUT2D eigenvalue weighted by Gasteiger charge is 2.44. The number of benzene rings is 4. The van der Waals surface area contributed by atoms with Crippen LogP contribution < -0.4 is 9.64 Å². The van der Waals surface area contributed by atoms with Gasteiger partial charge in [0.15, 0.2) is 0 Å². The third-order valence-corrected chi connectivity index (χ3v) is 11.2. The van der Waals surface area contributed by atoms with E-state index in [9.17, 15) is 0 Å². The molecule has 0 saturated carbocycles. The molecule has 4 aliphatic rings. The van der Waals surface area contributed by atoms with Gasteiger partial charge in [-0.25, -0.2) is 15.0 Å². The molecule has 0 radical (unpaired) electrons. The Hall–Kier alpha value is -5.55. The summed E-state index contributed by atoms with van der Waals surface area (Å²) in [7, 11) is 0. The van der Waals surface area contributed by atoms with Gasteiger partial charge in [-0.1, -0.05) is 93.6 Å². The molecule has 1 spiro atoms. The summed E-state index contributed by atoms with van der Waals surface area (Å²) in [5.74, 6) is 3.22. The number of aromatic nitrogens is 2. The predicted molar refractivity (Wildman–Crippen MR) is 200 cm³/mol. The Morgan fingerprint density at radius 1 is 0.720 bits per heavy atom. The molecular formula is C45H38N4O. The van der Waals surface area contributed by atoms with Gasteiger partial charge in [0.25, 0.3) is 0 Å². The molecule has 50 heavy (non-hydrogen) atoms. The van der Waals surface area contributed by atoms with Gasteiger partial charge in [0.2, 0.25) is 5.88 Å². The second kappa shape index (κ2) is 10.7. The van der Waals surface area contributed by atoms with Gasteiger partial charge in [0.1, 0.15) is 17.4 Å². The highest BCUT2D eigenvalue weighted by atomic mass is 16.5. The Kier molecular flexibility index (Phi) is 6.30. The predicted octanol–water partition coefficient (Wildman–Crippen LogP) is 10.4. The molecule has 10 rings (SSSR count). The Balaban J connectivity index is 0.987. The summed E-state index contributed by atoms with van der Waals surface area (Å²) in [4.78, 5) is 17.3. The molecule has 1 atom stereocenters. The lowest BCUT2D eigenvalue weighted by Gasteiger charge is -2.24. The Morgan fingerprint density at radius 3 is 2.32 bits per heavy atom. The van der Waals surface area contributed by atoms with E-state index in [1.54, 1.807) is 0 Å². The third kappa shape index (κ3) is 4.63. The van der Waals surface area contributed by atoms with Crippen molar-refractivity contribution in [3.05, 3.63) is 160 Å². The van der Waals surface area contributed by atoms with Gasteiger partial charge in [0.05, 0.1) is 23.0 Å². The summed E-state index contributed by atoms with van der Waals surface area (Å²) in [5.41, 5.74) is 14.1. The van der Waals surface area contributed by atoms with Crippen LogP contribution in [0.25, 0.3) is 11.3 Å². The summed E-state index contributed by atoms with van der Waals surface area (Å²) < 4.78 is 6.58. The second-order valence-corrected chi connectivity index (χ2v) is 15.6. The average molecular weight is 651 g/mol. The molecule has 5 nitrogen and oxygen atoms in total. The monoisotopic (exact) mass is 650 g/mol. The van der Waals surface area contributed by atoms with Gasteiger partial charge in [-0.05, 0) is 106 Å². The molecule has 0 amide bonds. The molecule has 0 saturated heterocycles. The highest BCUT2D eigenvalue weighted by molar-refractivity contribution is 6.18. The molecule has 5 heteroatoms. The molecular weight excluding hydrogens is 613 g/mol. The van der Waals surface area contributed by atoms with E-state index in [4.69, 9.17) is 19.7 Å². The summed E-state index contributed by atoms with van der Waals surface area (Å²) in [6.07, 6.45) is 6.42. The first kappa shape index (κ1) is 29.4. The van der Waals surface area contributed by atoms with Gasteiger partial charge in [0, 0.05) is 23.9 Å². The SMILES string of the molecule is CC(C)(C)c1ccnc(N2C3=Nc4ccccc4C3c3ccc(Oc4cccc(-c5cccc6c5CC5(Cc7ccccc7C5)C6)n4)cc32)c1. The van der Waals surface area contributed by atoms with E-state index in [1.165, 1.54) is 44.5 Å². The lowest BCUT2D eigenvalue weighted by Crippen LogP contribution is -2.24. The van der Waals surface area contributed by atoms with Crippen molar-refractivity contribution in [3.8, 4) is 22.9 Å². The number of amidine groups is 1. The van der Waals surface area contributed by atoms with Crippen LogP contribution in [0.3, 0.4) is 0 Å². The minimum atomic E-state index is -0.0106. The molecule has 4 heterocycles. The van der Waals surface area contributed by atoms with Crippen LogP contribution in [-0.4, -0.2) is 15.8 Å². The first-order valence-electron chi connectivity index (χ1n) is 17.7. The number of rotatable bonds is 4. The van der Waals surface area contributed by atoms with Crippen molar-refractivity contribution in [1.29, 1.82) is 0 Å². The van der Waals surface area contributed by atoms with Gasteiger partial charge >= 0.3 is 0 Å². The van der Waals surface area contributed by atoms with Gasteiger partial charge in [-0.2, -0.15) is 0 Å². The number of nitrogens with zero attached hydrogens (tertiary/aromatic N) is 4. The lowest BCUT2D eigenvalue weighted by molar-refractivity contribution is 0.327. The fourth-order valence-electron chi connectivity index (χ4n) is 8.90. The van der Waals surface area contributed by atoms with Crippen LogP contribution >= 0.6 is 0 Å². The van der Waals surface area contributed by atoms with Crippen molar-refractivity contribution in [3.63, 3.8) is 0 Å². The van der Waals surface area contributed by atoms with Crippen LogP contribution in [-0.2, 0) is 31.1 Å². The fraction of sp³-hybridized carbons (Fsp3) is 0.222. The summed E-state index contributed by atoms with van der Waals surface area (Å²) >= 11 is 0. The molecule has 6 aromatic rings. The quantitative estimate of drug-likeness (QED) is 0.191. The smallest absolute Gasteiger partial charge is 0.219 e. The van der Waals surface area contributed by atoms with Crippen molar-refractivity contribution in [2.45, 2.75) is 57.8 Å². The first-order chi connectivity index (χ1) is 24.3. The van der Waals surface area contributed by atoms with Crippen LogP contribution in [0.2, 0.25) is 0 Å². The summed E-state index contributed by atoms with van der Waals surface area (Å²) in [6.45, 7) is 6.70. The van der Waals surface area contributed by atoms with Gasteiger partial charge < -0.3 is 4.74 Å².